The summed E-state index contributed by atoms with van der Waals surface area (Å²) < 4.78 is 18.1. The van der Waals surface area contributed by atoms with Crippen LogP contribution in [-0.4, -0.2) is 74.2 Å². The van der Waals surface area contributed by atoms with Crippen molar-refractivity contribution in [3.63, 3.8) is 0 Å². The van der Waals surface area contributed by atoms with Crippen molar-refractivity contribution in [2.75, 3.05) is 40.4 Å². The van der Waals surface area contributed by atoms with Crippen molar-refractivity contribution in [1.29, 1.82) is 0 Å². The third kappa shape index (κ3) is 6.58. The normalized spacial score (nSPS) is 21.9. The van der Waals surface area contributed by atoms with Crippen LogP contribution in [0.1, 0.15) is 54.4 Å². The monoisotopic (exact) mass is 494 g/mol. The number of amides is 2. The number of likely N-dealkylation sites (tertiary alicyclic amines) is 1. The minimum absolute atomic E-state index is 0.00851. The Morgan fingerprint density at radius 2 is 1.64 bits per heavy atom. The molecule has 194 valence electrons. The van der Waals surface area contributed by atoms with Crippen LogP contribution in [-0.2, 0) is 16.0 Å². The highest BCUT2D eigenvalue weighted by atomic mass is 16.5. The van der Waals surface area contributed by atoms with Crippen molar-refractivity contribution < 1.29 is 23.8 Å². The van der Waals surface area contributed by atoms with Crippen LogP contribution in [0.15, 0.2) is 48.5 Å². The summed E-state index contributed by atoms with van der Waals surface area (Å²) in [4.78, 5) is 30.0. The third-order valence-corrected chi connectivity index (χ3v) is 7.06. The molecule has 2 heterocycles. The molecule has 0 aromatic heterocycles. The van der Waals surface area contributed by atoms with Gasteiger partial charge in [0.15, 0.2) is 0 Å². The molecule has 2 atom stereocenters. The molecule has 0 unspecified atom stereocenters. The lowest BCUT2D eigenvalue weighted by Crippen LogP contribution is -2.34. The molecule has 1 fully saturated rings. The van der Waals surface area contributed by atoms with Gasteiger partial charge in [0.1, 0.15) is 23.7 Å². The SMILES string of the molecule is COc1ccccc1CC(=O)N1C[C@H]2OCCCCCCCCN(C)C(=O)c3ccccc3O[C@@H]2C1. The van der Waals surface area contributed by atoms with Crippen molar-refractivity contribution in [3.05, 3.63) is 59.7 Å². The second-order valence-corrected chi connectivity index (χ2v) is 9.70. The molecule has 0 spiro atoms. The smallest absolute Gasteiger partial charge is 0.257 e. The van der Waals surface area contributed by atoms with E-state index in [2.05, 4.69) is 0 Å². The fraction of sp³-hybridized carbons (Fsp3) is 0.517. The number of hydrogen-bond acceptors (Lipinski definition) is 5. The van der Waals surface area contributed by atoms with Gasteiger partial charge in [0.25, 0.3) is 5.91 Å². The number of carbonyl (C=O) groups is 2. The fourth-order valence-electron chi connectivity index (χ4n) is 4.95. The molecule has 7 heteroatoms. The van der Waals surface area contributed by atoms with Crippen LogP contribution >= 0.6 is 0 Å². The van der Waals surface area contributed by atoms with Gasteiger partial charge in [-0.3, -0.25) is 9.59 Å². The number of rotatable bonds is 3. The van der Waals surface area contributed by atoms with Crippen LogP contribution in [0.4, 0.5) is 0 Å². The molecular formula is C29H38N2O5. The van der Waals surface area contributed by atoms with Gasteiger partial charge >= 0.3 is 0 Å². The summed E-state index contributed by atoms with van der Waals surface area (Å²) in [5.41, 5.74) is 1.40. The van der Waals surface area contributed by atoms with Gasteiger partial charge < -0.3 is 24.0 Å². The van der Waals surface area contributed by atoms with Gasteiger partial charge in [0.05, 0.1) is 32.2 Å². The molecule has 2 aliphatic heterocycles. The topological polar surface area (TPSA) is 68.3 Å². The van der Waals surface area contributed by atoms with Gasteiger partial charge in [-0.2, -0.15) is 0 Å². The van der Waals surface area contributed by atoms with Gasteiger partial charge in [0.2, 0.25) is 5.91 Å². The van der Waals surface area contributed by atoms with Crippen molar-refractivity contribution in [1.82, 2.24) is 9.80 Å². The largest absolute Gasteiger partial charge is 0.496 e. The van der Waals surface area contributed by atoms with E-state index in [1.165, 1.54) is 6.42 Å². The first kappa shape index (κ1) is 26.0. The molecule has 4 rings (SSSR count). The Hall–Kier alpha value is -3.06. The number of methoxy groups -OCH3 is 1. The zero-order valence-electron chi connectivity index (χ0n) is 21.5. The van der Waals surface area contributed by atoms with Crippen LogP contribution in [0.25, 0.3) is 0 Å². The third-order valence-electron chi connectivity index (χ3n) is 7.06. The number of nitrogens with zero attached hydrogens (tertiary/aromatic N) is 2. The molecule has 0 aliphatic carbocycles. The first-order chi connectivity index (χ1) is 17.6. The van der Waals surface area contributed by atoms with Gasteiger partial charge in [-0.1, -0.05) is 56.0 Å². The molecule has 7 nitrogen and oxygen atoms in total. The summed E-state index contributed by atoms with van der Waals surface area (Å²) in [6.45, 7) is 2.25. The number of carbonyl (C=O) groups excluding carboxylic acids is 2. The molecule has 0 radical (unpaired) electrons. The van der Waals surface area contributed by atoms with E-state index in [1.807, 2.05) is 60.5 Å². The summed E-state index contributed by atoms with van der Waals surface area (Å²) in [5.74, 6) is 1.21. The van der Waals surface area contributed by atoms with E-state index in [-0.39, 0.29) is 30.4 Å². The Kier molecular flexibility index (Phi) is 9.23. The summed E-state index contributed by atoms with van der Waals surface area (Å²) in [7, 11) is 3.46. The molecule has 36 heavy (non-hydrogen) atoms. The minimum Gasteiger partial charge on any atom is -0.496 e. The predicted molar refractivity (Wildman–Crippen MR) is 139 cm³/mol. The molecule has 2 amide bonds. The van der Waals surface area contributed by atoms with Gasteiger partial charge in [-0.25, -0.2) is 0 Å². The minimum atomic E-state index is -0.348. The maximum atomic E-state index is 13.3. The van der Waals surface area contributed by atoms with E-state index in [4.69, 9.17) is 14.2 Å². The lowest BCUT2D eigenvalue weighted by Gasteiger charge is -2.24. The second-order valence-electron chi connectivity index (χ2n) is 9.70. The predicted octanol–water partition coefficient (Wildman–Crippen LogP) is 4.34. The summed E-state index contributed by atoms with van der Waals surface area (Å²) in [6.07, 6.45) is 6.21. The van der Waals surface area contributed by atoms with Gasteiger partial charge in [0, 0.05) is 25.8 Å². The lowest BCUT2D eigenvalue weighted by molar-refractivity contribution is -0.130. The van der Waals surface area contributed by atoms with Crippen LogP contribution in [0, 0.1) is 0 Å². The first-order valence-electron chi connectivity index (χ1n) is 13.1. The average Bonchev–Trinajstić information content (AvgIpc) is 3.29. The standard InChI is InChI=1S/C29H38N2O5/c1-30-17-11-5-3-4-6-12-18-35-26-20-31(28(32)19-22-13-7-9-15-24(22)34-2)21-27(26)36-25-16-10-8-14-23(25)29(30)33/h7-10,13-16,26-27H,3-6,11-12,17-21H2,1-2H3/t26-,27-/m1/s1. The molecule has 2 aromatic carbocycles. The Morgan fingerprint density at radius 1 is 0.944 bits per heavy atom. The van der Waals surface area contributed by atoms with E-state index < -0.39 is 0 Å². The number of benzene rings is 2. The maximum absolute atomic E-state index is 13.3. The van der Waals surface area contributed by atoms with Crippen molar-refractivity contribution in [3.8, 4) is 11.5 Å². The highest BCUT2D eigenvalue weighted by Crippen LogP contribution is 2.27. The number of fused-ring (bicyclic) bond motifs is 2. The molecule has 2 aromatic rings. The quantitative estimate of drug-likeness (QED) is 0.635. The number of hydrogen-bond donors (Lipinski definition) is 0. The molecule has 0 saturated carbocycles. The van der Waals surface area contributed by atoms with Crippen LogP contribution in [0.3, 0.4) is 0 Å². The molecule has 2 aliphatic rings. The molecule has 0 bridgehead atoms. The second kappa shape index (κ2) is 12.8. The van der Waals surface area contributed by atoms with Crippen molar-refractivity contribution in [2.24, 2.45) is 0 Å². The Bertz CT molecular complexity index is 1030. The molecule has 1 saturated heterocycles. The van der Waals surface area contributed by atoms with Crippen LogP contribution in [0.5, 0.6) is 11.5 Å². The van der Waals surface area contributed by atoms with Gasteiger partial charge in [-0.15, -0.1) is 0 Å². The van der Waals surface area contributed by atoms with E-state index in [0.717, 1.165) is 44.2 Å². The zero-order valence-corrected chi connectivity index (χ0v) is 21.5. The van der Waals surface area contributed by atoms with E-state index in [9.17, 15) is 9.59 Å². The fourth-order valence-corrected chi connectivity index (χ4v) is 4.95. The highest BCUT2D eigenvalue weighted by Gasteiger charge is 2.38. The summed E-state index contributed by atoms with van der Waals surface area (Å²) in [6, 6.07) is 15.0. The summed E-state index contributed by atoms with van der Waals surface area (Å²) >= 11 is 0. The number of para-hydroxylation sites is 2. The van der Waals surface area contributed by atoms with Crippen molar-refractivity contribution in [2.45, 2.75) is 57.2 Å². The average molecular weight is 495 g/mol. The van der Waals surface area contributed by atoms with Crippen molar-refractivity contribution >= 4 is 11.8 Å². The maximum Gasteiger partial charge on any atom is 0.257 e. The zero-order chi connectivity index (χ0) is 25.3. The molecule has 0 N–H and O–H groups in total. The summed E-state index contributed by atoms with van der Waals surface area (Å²) in [5, 5.41) is 0. The number of ether oxygens (including phenoxy) is 3. The van der Waals surface area contributed by atoms with E-state index in [1.54, 1.807) is 12.0 Å². The van der Waals surface area contributed by atoms with E-state index in [0.29, 0.717) is 36.8 Å². The van der Waals surface area contributed by atoms with Gasteiger partial charge in [-0.05, 0) is 31.0 Å². The highest BCUT2D eigenvalue weighted by molar-refractivity contribution is 5.96. The molecular weight excluding hydrogens is 456 g/mol. The Labute approximate surface area is 214 Å². The van der Waals surface area contributed by atoms with E-state index >= 15 is 0 Å². The van der Waals surface area contributed by atoms with Crippen LogP contribution < -0.4 is 9.47 Å². The van der Waals surface area contributed by atoms with Crippen LogP contribution in [0.2, 0.25) is 0 Å². The Morgan fingerprint density at radius 3 is 2.47 bits per heavy atom. The Balaban J connectivity index is 1.52. The lowest BCUT2D eigenvalue weighted by atomic mass is 10.1. The first-order valence-corrected chi connectivity index (χ1v) is 13.1.